The van der Waals surface area contributed by atoms with Gasteiger partial charge in [0.05, 0.1) is 5.69 Å². The Hall–Kier alpha value is -0.990. The molecule has 0 amide bonds. The van der Waals surface area contributed by atoms with Crippen molar-refractivity contribution < 1.29 is 0 Å². The zero-order valence-corrected chi connectivity index (χ0v) is 9.85. The topological polar surface area (TPSA) is 12.9 Å². The van der Waals surface area contributed by atoms with Crippen molar-refractivity contribution in [3.05, 3.63) is 47.6 Å². The molecule has 0 aliphatic rings. The summed E-state index contributed by atoms with van der Waals surface area (Å²) in [4.78, 5) is 5.54. The fourth-order valence-corrected chi connectivity index (χ4v) is 2.18. The Labute approximate surface area is 98.5 Å². The van der Waals surface area contributed by atoms with Crippen molar-refractivity contribution in [2.75, 3.05) is 6.26 Å². The third-order valence-corrected chi connectivity index (χ3v) is 3.14. The van der Waals surface area contributed by atoms with Crippen LogP contribution in [0.2, 0.25) is 5.02 Å². The molecule has 0 saturated carbocycles. The highest BCUT2D eigenvalue weighted by atomic mass is 35.5. The van der Waals surface area contributed by atoms with Crippen molar-refractivity contribution in [3.8, 4) is 11.3 Å². The van der Waals surface area contributed by atoms with Crippen LogP contribution in [-0.4, -0.2) is 11.2 Å². The minimum Gasteiger partial charge on any atom is -0.256 e. The molecule has 1 heterocycles. The maximum Gasteiger partial charge on any atom is 0.0728 e. The van der Waals surface area contributed by atoms with Gasteiger partial charge in [-0.25, -0.2) is 0 Å². The minimum absolute atomic E-state index is 0.718. The first-order valence-electron chi connectivity index (χ1n) is 4.56. The summed E-state index contributed by atoms with van der Waals surface area (Å²) in [5, 5.41) is 0.718. The molecule has 3 heteroatoms. The average Bonchev–Trinajstić information content (AvgIpc) is 2.29. The molecule has 1 aromatic heterocycles. The molecule has 2 rings (SSSR count). The Bertz CT molecular complexity index is 471. The van der Waals surface area contributed by atoms with Crippen LogP contribution in [-0.2, 0) is 0 Å². The van der Waals surface area contributed by atoms with Crippen LogP contribution in [0, 0.1) is 0 Å². The minimum atomic E-state index is 0.718. The zero-order valence-electron chi connectivity index (χ0n) is 8.27. The molecule has 0 bridgehead atoms. The second-order valence-electron chi connectivity index (χ2n) is 3.06. The van der Waals surface area contributed by atoms with E-state index in [1.54, 1.807) is 24.0 Å². The quantitative estimate of drug-likeness (QED) is 0.727. The first-order chi connectivity index (χ1) is 7.31. The number of aromatic nitrogens is 1. The molecule has 1 aromatic carbocycles. The van der Waals surface area contributed by atoms with Gasteiger partial charge in [0.25, 0.3) is 0 Å². The number of hydrogen-bond donors (Lipinski definition) is 0. The molecule has 0 aliphatic carbocycles. The molecule has 0 saturated heterocycles. The van der Waals surface area contributed by atoms with Crippen LogP contribution in [0.1, 0.15) is 0 Å². The number of rotatable bonds is 2. The summed E-state index contributed by atoms with van der Waals surface area (Å²) in [6, 6.07) is 11.9. The highest BCUT2D eigenvalue weighted by molar-refractivity contribution is 7.98. The van der Waals surface area contributed by atoms with Crippen molar-refractivity contribution in [1.29, 1.82) is 0 Å². The number of nitrogens with zero attached hydrogens (tertiary/aromatic N) is 1. The van der Waals surface area contributed by atoms with E-state index in [0.29, 0.717) is 0 Å². The monoisotopic (exact) mass is 235 g/mol. The second-order valence-corrected chi connectivity index (χ2v) is 4.34. The van der Waals surface area contributed by atoms with Crippen LogP contribution < -0.4 is 0 Å². The summed E-state index contributed by atoms with van der Waals surface area (Å²) in [6.07, 6.45) is 3.79. The third kappa shape index (κ3) is 2.33. The molecule has 0 fully saturated rings. The summed E-state index contributed by atoms with van der Waals surface area (Å²) in [7, 11) is 0. The van der Waals surface area contributed by atoms with E-state index in [0.717, 1.165) is 16.3 Å². The smallest absolute Gasteiger partial charge is 0.0728 e. The van der Waals surface area contributed by atoms with E-state index in [2.05, 4.69) is 23.4 Å². The molecule has 0 unspecified atom stereocenters. The lowest BCUT2D eigenvalue weighted by Crippen LogP contribution is -1.85. The number of benzene rings is 1. The van der Waals surface area contributed by atoms with Crippen molar-refractivity contribution in [2.45, 2.75) is 4.90 Å². The molecule has 76 valence electrons. The Kier molecular flexibility index (Phi) is 3.29. The lowest BCUT2D eigenvalue weighted by Gasteiger charge is -2.06. The summed E-state index contributed by atoms with van der Waals surface area (Å²) >= 11 is 7.66. The number of hydrogen-bond acceptors (Lipinski definition) is 2. The molecule has 0 spiro atoms. The average molecular weight is 236 g/mol. The molecular formula is C12H10ClNS. The van der Waals surface area contributed by atoms with E-state index in [4.69, 9.17) is 11.6 Å². The van der Waals surface area contributed by atoms with E-state index in [1.807, 2.05) is 18.2 Å². The van der Waals surface area contributed by atoms with E-state index >= 15 is 0 Å². The number of halogens is 1. The Morgan fingerprint density at radius 3 is 2.73 bits per heavy atom. The molecule has 0 aliphatic heterocycles. The van der Waals surface area contributed by atoms with E-state index in [1.165, 1.54) is 4.90 Å². The van der Waals surface area contributed by atoms with Gasteiger partial charge in [-0.2, -0.15) is 0 Å². The Morgan fingerprint density at radius 2 is 2.00 bits per heavy atom. The van der Waals surface area contributed by atoms with Crippen LogP contribution in [0.15, 0.2) is 47.5 Å². The predicted octanol–water partition coefficient (Wildman–Crippen LogP) is 4.12. The van der Waals surface area contributed by atoms with Gasteiger partial charge < -0.3 is 0 Å². The van der Waals surface area contributed by atoms with Crippen LogP contribution in [0.4, 0.5) is 0 Å². The molecule has 0 radical (unpaired) electrons. The second kappa shape index (κ2) is 4.69. The standard InChI is InChI=1S/C12H10ClNS/c1-15-12-5-3-2-4-10(12)11-8-9(13)6-7-14-11/h2-8H,1H3. The number of thioether (sulfide) groups is 1. The third-order valence-electron chi connectivity index (χ3n) is 2.10. The molecule has 1 nitrogen and oxygen atoms in total. The maximum absolute atomic E-state index is 5.94. The molecule has 2 aromatic rings. The van der Waals surface area contributed by atoms with Gasteiger partial charge in [-0.3, -0.25) is 4.98 Å². The largest absolute Gasteiger partial charge is 0.256 e. The molecule has 0 atom stereocenters. The van der Waals surface area contributed by atoms with Gasteiger partial charge in [0.1, 0.15) is 0 Å². The van der Waals surface area contributed by atoms with Gasteiger partial charge in [-0.05, 0) is 24.5 Å². The highest BCUT2D eigenvalue weighted by Crippen LogP contribution is 2.29. The summed E-state index contributed by atoms with van der Waals surface area (Å²) in [6.45, 7) is 0. The summed E-state index contributed by atoms with van der Waals surface area (Å²) in [5.74, 6) is 0. The van der Waals surface area contributed by atoms with Crippen molar-refractivity contribution in [1.82, 2.24) is 4.98 Å². The zero-order chi connectivity index (χ0) is 10.7. The van der Waals surface area contributed by atoms with Gasteiger partial charge in [0.2, 0.25) is 0 Å². The molecular weight excluding hydrogens is 226 g/mol. The van der Waals surface area contributed by atoms with Gasteiger partial charge in [0, 0.05) is 21.7 Å². The SMILES string of the molecule is CSc1ccccc1-c1cc(Cl)ccn1. The maximum atomic E-state index is 5.94. The lowest BCUT2D eigenvalue weighted by molar-refractivity contribution is 1.29. The summed E-state index contributed by atoms with van der Waals surface area (Å²) < 4.78 is 0. The van der Waals surface area contributed by atoms with Gasteiger partial charge in [-0.15, -0.1) is 11.8 Å². The van der Waals surface area contributed by atoms with Crippen LogP contribution in [0.25, 0.3) is 11.3 Å². The fourth-order valence-electron chi connectivity index (χ4n) is 1.41. The number of pyridine rings is 1. The van der Waals surface area contributed by atoms with E-state index in [-0.39, 0.29) is 0 Å². The van der Waals surface area contributed by atoms with Crippen molar-refractivity contribution >= 4 is 23.4 Å². The van der Waals surface area contributed by atoms with Crippen LogP contribution in [0.5, 0.6) is 0 Å². The van der Waals surface area contributed by atoms with Crippen LogP contribution in [0.3, 0.4) is 0 Å². The van der Waals surface area contributed by atoms with Crippen LogP contribution >= 0.6 is 23.4 Å². The fraction of sp³-hybridized carbons (Fsp3) is 0.0833. The summed E-state index contributed by atoms with van der Waals surface area (Å²) in [5.41, 5.74) is 2.06. The highest BCUT2D eigenvalue weighted by Gasteiger charge is 2.04. The first-order valence-corrected chi connectivity index (χ1v) is 6.16. The predicted molar refractivity (Wildman–Crippen MR) is 66.5 cm³/mol. The normalized spacial score (nSPS) is 10.3. The van der Waals surface area contributed by atoms with Gasteiger partial charge in [-0.1, -0.05) is 29.8 Å². The van der Waals surface area contributed by atoms with Gasteiger partial charge in [0.15, 0.2) is 0 Å². The lowest BCUT2D eigenvalue weighted by atomic mass is 10.1. The Morgan fingerprint density at radius 1 is 1.20 bits per heavy atom. The Balaban J connectivity index is 2.53. The van der Waals surface area contributed by atoms with Crippen molar-refractivity contribution in [3.63, 3.8) is 0 Å². The first kappa shape index (κ1) is 10.5. The molecule has 15 heavy (non-hydrogen) atoms. The van der Waals surface area contributed by atoms with Gasteiger partial charge >= 0.3 is 0 Å². The van der Waals surface area contributed by atoms with E-state index in [9.17, 15) is 0 Å². The van der Waals surface area contributed by atoms with E-state index < -0.39 is 0 Å². The van der Waals surface area contributed by atoms with Crippen molar-refractivity contribution in [2.24, 2.45) is 0 Å². The molecule has 0 N–H and O–H groups in total.